The van der Waals surface area contributed by atoms with Crippen LogP contribution in [0.2, 0.25) is 0 Å². The van der Waals surface area contributed by atoms with E-state index in [9.17, 15) is 9.18 Å². The Balaban J connectivity index is 1.57. The normalized spacial score (nSPS) is 19.6. The van der Waals surface area contributed by atoms with Crippen molar-refractivity contribution in [1.29, 1.82) is 0 Å². The fraction of sp³-hybridized carbons (Fsp3) is 0.588. The molecule has 126 valence electrons. The van der Waals surface area contributed by atoms with Crippen molar-refractivity contribution >= 4 is 17.3 Å². The Morgan fingerprint density at radius 1 is 1.13 bits per heavy atom. The summed E-state index contributed by atoms with van der Waals surface area (Å²) in [7, 11) is 0. The van der Waals surface area contributed by atoms with Gasteiger partial charge in [0.15, 0.2) is 0 Å². The molecule has 0 saturated carbocycles. The van der Waals surface area contributed by atoms with Gasteiger partial charge in [0.1, 0.15) is 5.82 Å². The number of morpholine rings is 1. The Kier molecular flexibility index (Phi) is 5.46. The van der Waals surface area contributed by atoms with Crippen molar-refractivity contribution in [2.24, 2.45) is 0 Å². The maximum absolute atomic E-state index is 14.3. The number of anilines is 2. The molecule has 3 rings (SSSR count). The van der Waals surface area contributed by atoms with Gasteiger partial charge in [-0.2, -0.15) is 0 Å². The van der Waals surface area contributed by atoms with E-state index in [4.69, 9.17) is 4.74 Å². The standard InChI is InChI=1S/C17H24FN3O2/c18-15-12-14(4-5-16(15)21-8-10-23-11-9-21)19-17(22)13-20-6-2-1-3-7-20/h4-5,12H,1-3,6-11,13H2,(H,19,22). The number of likely N-dealkylation sites (tertiary alicyclic amines) is 1. The van der Waals surface area contributed by atoms with E-state index in [-0.39, 0.29) is 11.7 Å². The van der Waals surface area contributed by atoms with Crippen LogP contribution in [0.4, 0.5) is 15.8 Å². The van der Waals surface area contributed by atoms with Crippen LogP contribution in [0.5, 0.6) is 0 Å². The quantitative estimate of drug-likeness (QED) is 0.922. The number of piperidine rings is 1. The summed E-state index contributed by atoms with van der Waals surface area (Å²) in [5.41, 5.74) is 1.09. The number of rotatable bonds is 4. The van der Waals surface area contributed by atoms with Crippen LogP contribution in [0.15, 0.2) is 18.2 Å². The van der Waals surface area contributed by atoms with Crippen molar-refractivity contribution in [2.45, 2.75) is 19.3 Å². The Morgan fingerprint density at radius 2 is 1.87 bits per heavy atom. The summed E-state index contributed by atoms with van der Waals surface area (Å²) in [5, 5.41) is 2.80. The molecule has 0 radical (unpaired) electrons. The first kappa shape index (κ1) is 16.2. The van der Waals surface area contributed by atoms with Crippen LogP contribution >= 0.6 is 0 Å². The highest BCUT2D eigenvalue weighted by molar-refractivity contribution is 5.92. The molecule has 0 aliphatic carbocycles. The van der Waals surface area contributed by atoms with Gasteiger partial charge in [-0.15, -0.1) is 0 Å². The van der Waals surface area contributed by atoms with Gasteiger partial charge in [-0.1, -0.05) is 6.42 Å². The van der Waals surface area contributed by atoms with Gasteiger partial charge in [0, 0.05) is 18.8 Å². The molecule has 1 aromatic carbocycles. The zero-order valence-corrected chi connectivity index (χ0v) is 13.4. The molecule has 2 fully saturated rings. The predicted molar refractivity (Wildman–Crippen MR) is 88.4 cm³/mol. The van der Waals surface area contributed by atoms with Gasteiger partial charge in [-0.05, 0) is 44.1 Å². The summed E-state index contributed by atoms with van der Waals surface area (Å²) < 4.78 is 19.6. The second-order valence-corrected chi connectivity index (χ2v) is 6.15. The van der Waals surface area contributed by atoms with Crippen LogP contribution in [-0.4, -0.2) is 56.7 Å². The summed E-state index contributed by atoms with van der Waals surface area (Å²) in [4.78, 5) is 16.2. The van der Waals surface area contributed by atoms with Crippen molar-refractivity contribution in [3.8, 4) is 0 Å². The fourth-order valence-corrected chi connectivity index (χ4v) is 3.17. The second-order valence-electron chi connectivity index (χ2n) is 6.15. The number of carbonyl (C=O) groups excluding carboxylic acids is 1. The first-order valence-electron chi connectivity index (χ1n) is 8.37. The number of ether oxygens (including phenoxy) is 1. The number of halogens is 1. The van der Waals surface area contributed by atoms with Crippen LogP contribution in [0, 0.1) is 5.82 Å². The highest BCUT2D eigenvalue weighted by Crippen LogP contribution is 2.23. The Hall–Kier alpha value is -1.66. The van der Waals surface area contributed by atoms with Crippen LogP contribution in [0.25, 0.3) is 0 Å². The third-order valence-corrected chi connectivity index (χ3v) is 4.40. The molecule has 6 heteroatoms. The minimum Gasteiger partial charge on any atom is -0.378 e. The Morgan fingerprint density at radius 3 is 2.57 bits per heavy atom. The highest BCUT2D eigenvalue weighted by Gasteiger charge is 2.17. The lowest BCUT2D eigenvalue weighted by Crippen LogP contribution is -2.37. The summed E-state index contributed by atoms with van der Waals surface area (Å²) >= 11 is 0. The number of benzene rings is 1. The smallest absolute Gasteiger partial charge is 0.238 e. The molecule has 0 atom stereocenters. The van der Waals surface area contributed by atoms with Crippen molar-refractivity contribution < 1.29 is 13.9 Å². The van der Waals surface area contributed by atoms with Gasteiger partial charge < -0.3 is 15.0 Å². The predicted octanol–water partition coefficient (Wildman–Crippen LogP) is 2.09. The van der Waals surface area contributed by atoms with Crippen molar-refractivity contribution in [1.82, 2.24) is 4.90 Å². The summed E-state index contributed by atoms with van der Waals surface area (Å²) in [6.45, 7) is 4.94. The molecule has 0 unspecified atom stereocenters. The van der Waals surface area contributed by atoms with E-state index in [0.717, 1.165) is 25.9 Å². The molecule has 0 bridgehead atoms. The molecule has 2 heterocycles. The van der Waals surface area contributed by atoms with E-state index in [1.54, 1.807) is 12.1 Å². The highest BCUT2D eigenvalue weighted by atomic mass is 19.1. The van der Waals surface area contributed by atoms with Crippen LogP contribution in [0.1, 0.15) is 19.3 Å². The van der Waals surface area contributed by atoms with Crippen LogP contribution in [0.3, 0.4) is 0 Å². The first-order valence-corrected chi connectivity index (χ1v) is 8.37. The van der Waals surface area contributed by atoms with Gasteiger partial charge in [-0.25, -0.2) is 4.39 Å². The van der Waals surface area contributed by atoms with E-state index in [1.165, 1.54) is 12.5 Å². The van der Waals surface area contributed by atoms with Gasteiger partial charge >= 0.3 is 0 Å². The molecule has 0 aromatic heterocycles. The lowest BCUT2D eigenvalue weighted by Gasteiger charge is -2.29. The van der Waals surface area contributed by atoms with Crippen molar-refractivity contribution in [3.05, 3.63) is 24.0 Å². The molecular formula is C17H24FN3O2. The van der Waals surface area contributed by atoms with Crippen LogP contribution in [-0.2, 0) is 9.53 Å². The molecule has 1 amide bonds. The maximum atomic E-state index is 14.3. The first-order chi connectivity index (χ1) is 11.2. The fourth-order valence-electron chi connectivity index (χ4n) is 3.17. The number of hydrogen-bond donors (Lipinski definition) is 1. The molecule has 5 nitrogen and oxygen atoms in total. The minimum absolute atomic E-state index is 0.0783. The third kappa shape index (κ3) is 4.42. The molecule has 2 saturated heterocycles. The molecule has 1 N–H and O–H groups in total. The molecule has 2 aliphatic rings. The van der Waals surface area contributed by atoms with Gasteiger partial charge in [-0.3, -0.25) is 9.69 Å². The monoisotopic (exact) mass is 321 g/mol. The Labute approximate surface area is 136 Å². The minimum atomic E-state index is -0.303. The number of nitrogens with zero attached hydrogens (tertiary/aromatic N) is 2. The largest absolute Gasteiger partial charge is 0.378 e. The molecule has 0 spiro atoms. The van der Waals surface area contributed by atoms with Gasteiger partial charge in [0.25, 0.3) is 0 Å². The average molecular weight is 321 g/mol. The lowest BCUT2D eigenvalue weighted by molar-refractivity contribution is -0.117. The molecule has 2 aliphatic heterocycles. The number of carbonyl (C=O) groups is 1. The van der Waals surface area contributed by atoms with E-state index >= 15 is 0 Å². The Bertz CT molecular complexity index is 541. The number of nitrogens with one attached hydrogen (secondary N) is 1. The molecular weight excluding hydrogens is 297 g/mol. The summed E-state index contributed by atoms with van der Waals surface area (Å²) in [6, 6.07) is 4.90. The second kappa shape index (κ2) is 7.75. The summed E-state index contributed by atoms with van der Waals surface area (Å²) in [6.07, 6.45) is 3.54. The number of amides is 1. The average Bonchev–Trinajstić information content (AvgIpc) is 2.56. The van der Waals surface area contributed by atoms with Crippen molar-refractivity contribution in [2.75, 3.05) is 56.2 Å². The van der Waals surface area contributed by atoms with E-state index in [2.05, 4.69) is 10.2 Å². The van der Waals surface area contributed by atoms with E-state index < -0.39 is 0 Å². The lowest BCUT2D eigenvalue weighted by atomic mass is 10.1. The third-order valence-electron chi connectivity index (χ3n) is 4.40. The van der Waals surface area contributed by atoms with Gasteiger partial charge in [0.05, 0.1) is 25.4 Å². The number of hydrogen-bond acceptors (Lipinski definition) is 4. The topological polar surface area (TPSA) is 44.8 Å². The zero-order valence-electron chi connectivity index (χ0n) is 13.4. The van der Waals surface area contributed by atoms with Crippen LogP contribution < -0.4 is 10.2 Å². The SMILES string of the molecule is O=C(CN1CCCCC1)Nc1ccc(N2CCOCC2)c(F)c1. The van der Waals surface area contributed by atoms with E-state index in [0.29, 0.717) is 44.2 Å². The van der Waals surface area contributed by atoms with Crippen molar-refractivity contribution in [3.63, 3.8) is 0 Å². The zero-order chi connectivity index (χ0) is 16.1. The molecule has 23 heavy (non-hydrogen) atoms. The van der Waals surface area contributed by atoms with Gasteiger partial charge in [0.2, 0.25) is 5.91 Å². The summed E-state index contributed by atoms with van der Waals surface area (Å²) in [5.74, 6) is -0.381. The van der Waals surface area contributed by atoms with E-state index in [1.807, 2.05) is 4.90 Å². The maximum Gasteiger partial charge on any atom is 0.238 e. The molecule has 1 aromatic rings.